The van der Waals surface area contributed by atoms with Crippen LogP contribution in [0.25, 0.3) is 15.6 Å². The van der Waals surface area contributed by atoms with Crippen LogP contribution < -0.4 is 0 Å². The van der Waals surface area contributed by atoms with Gasteiger partial charge in [0.25, 0.3) is 0 Å². The summed E-state index contributed by atoms with van der Waals surface area (Å²) >= 11 is 0. The molecule has 0 saturated heterocycles. The van der Waals surface area contributed by atoms with Gasteiger partial charge < -0.3 is 0 Å². The summed E-state index contributed by atoms with van der Waals surface area (Å²) in [5.41, 5.74) is 1.52. The van der Waals surface area contributed by atoms with Gasteiger partial charge in [0, 0.05) is 0 Å². The second-order valence-corrected chi connectivity index (χ2v) is 3.24. The Kier molecular flexibility index (Phi) is 1.94. The standard InChI is InChI=1S/C12H8FN/c1-8-5-9-3-4-11(13)6-10(9)7-12(8)14-2/h3-7H,1H3. The van der Waals surface area contributed by atoms with Gasteiger partial charge in [-0.05, 0) is 41.5 Å². The van der Waals surface area contributed by atoms with Crippen LogP contribution in [0.5, 0.6) is 0 Å². The van der Waals surface area contributed by atoms with Gasteiger partial charge in [-0.1, -0.05) is 12.1 Å². The molecule has 0 amide bonds. The van der Waals surface area contributed by atoms with E-state index in [1.807, 2.05) is 13.0 Å². The molecule has 0 spiro atoms. The van der Waals surface area contributed by atoms with E-state index in [9.17, 15) is 4.39 Å². The lowest BCUT2D eigenvalue weighted by molar-refractivity contribution is 0.630. The van der Waals surface area contributed by atoms with Crippen LogP contribution in [0.15, 0.2) is 30.3 Å². The largest absolute Gasteiger partial charge is 0.238 e. The molecule has 0 saturated carbocycles. The molecule has 0 aliphatic heterocycles. The van der Waals surface area contributed by atoms with Crippen molar-refractivity contribution in [3.63, 3.8) is 0 Å². The zero-order chi connectivity index (χ0) is 10.1. The maximum absolute atomic E-state index is 12.9. The second kappa shape index (κ2) is 3.12. The van der Waals surface area contributed by atoms with Crippen LogP contribution in [0.2, 0.25) is 0 Å². The SMILES string of the molecule is [C-]#[N+]c1cc2cc(F)ccc2cc1C. The lowest BCUT2D eigenvalue weighted by atomic mass is 10.1. The molecule has 0 radical (unpaired) electrons. The van der Waals surface area contributed by atoms with Crippen LogP contribution in [0.1, 0.15) is 5.56 Å². The first-order valence-corrected chi connectivity index (χ1v) is 4.28. The summed E-state index contributed by atoms with van der Waals surface area (Å²) in [6, 6.07) is 8.23. The number of rotatable bonds is 0. The Morgan fingerprint density at radius 2 is 1.93 bits per heavy atom. The molecule has 0 aliphatic rings. The van der Waals surface area contributed by atoms with E-state index in [1.54, 1.807) is 12.1 Å². The fourth-order valence-corrected chi connectivity index (χ4v) is 1.49. The Hall–Kier alpha value is -1.88. The van der Waals surface area contributed by atoms with Gasteiger partial charge in [0.1, 0.15) is 5.82 Å². The fourth-order valence-electron chi connectivity index (χ4n) is 1.49. The third-order valence-corrected chi connectivity index (χ3v) is 2.24. The molecule has 14 heavy (non-hydrogen) atoms. The second-order valence-electron chi connectivity index (χ2n) is 3.24. The molecule has 0 fully saturated rings. The first-order valence-electron chi connectivity index (χ1n) is 4.28. The number of benzene rings is 2. The van der Waals surface area contributed by atoms with Crippen molar-refractivity contribution in [2.75, 3.05) is 0 Å². The van der Waals surface area contributed by atoms with E-state index >= 15 is 0 Å². The van der Waals surface area contributed by atoms with Crippen LogP contribution in [-0.4, -0.2) is 0 Å². The van der Waals surface area contributed by atoms with E-state index < -0.39 is 0 Å². The van der Waals surface area contributed by atoms with Gasteiger partial charge in [-0.2, -0.15) is 0 Å². The summed E-state index contributed by atoms with van der Waals surface area (Å²) in [5, 5.41) is 1.75. The number of hydrogen-bond acceptors (Lipinski definition) is 0. The van der Waals surface area contributed by atoms with Crippen molar-refractivity contribution in [2.24, 2.45) is 0 Å². The van der Waals surface area contributed by atoms with Gasteiger partial charge in [0.2, 0.25) is 0 Å². The summed E-state index contributed by atoms with van der Waals surface area (Å²) in [7, 11) is 0. The van der Waals surface area contributed by atoms with Crippen molar-refractivity contribution in [1.29, 1.82) is 0 Å². The van der Waals surface area contributed by atoms with Gasteiger partial charge in [0.15, 0.2) is 5.69 Å². The number of halogens is 1. The predicted molar refractivity (Wildman–Crippen MR) is 54.9 cm³/mol. The summed E-state index contributed by atoms with van der Waals surface area (Å²) in [6.45, 7) is 8.83. The van der Waals surface area contributed by atoms with Crippen molar-refractivity contribution >= 4 is 16.5 Å². The van der Waals surface area contributed by atoms with E-state index in [2.05, 4.69) is 4.85 Å². The topological polar surface area (TPSA) is 4.36 Å². The van der Waals surface area contributed by atoms with Gasteiger partial charge >= 0.3 is 0 Å². The highest BCUT2D eigenvalue weighted by Crippen LogP contribution is 2.26. The normalized spacial score (nSPS) is 10.1. The van der Waals surface area contributed by atoms with Crippen molar-refractivity contribution in [3.05, 3.63) is 53.1 Å². The Morgan fingerprint density at radius 3 is 2.64 bits per heavy atom. The van der Waals surface area contributed by atoms with Gasteiger partial charge in [-0.3, -0.25) is 0 Å². The third kappa shape index (κ3) is 1.33. The molecule has 0 heterocycles. The quantitative estimate of drug-likeness (QED) is 0.549. The molecular formula is C12H8FN. The highest BCUT2D eigenvalue weighted by molar-refractivity contribution is 5.87. The summed E-state index contributed by atoms with van der Waals surface area (Å²) in [6.07, 6.45) is 0. The fraction of sp³-hybridized carbons (Fsp3) is 0.0833. The molecule has 0 unspecified atom stereocenters. The van der Waals surface area contributed by atoms with Crippen molar-refractivity contribution in [2.45, 2.75) is 6.92 Å². The van der Waals surface area contributed by atoms with Crippen molar-refractivity contribution in [3.8, 4) is 0 Å². The van der Waals surface area contributed by atoms with Crippen LogP contribution in [-0.2, 0) is 0 Å². The first-order chi connectivity index (χ1) is 6.70. The molecule has 2 rings (SSSR count). The average Bonchev–Trinajstić information content (AvgIpc) is 2.17. The molecule has 0 aliphatic carbocycles. The van der Waals surface area contributed by atoms with Crippen molar-refractivity contribution < 1.29 is 4.39 Å². The molecule has 68 valence electrons. The van der Waals surface area contributed by atoms with E-state index in [0.29, 0.717) is 5.69 Å². The highest BCUT2D eigenvalue weighted by Gasteiger charge is 2.01. The Labute approximate surface area is 81.6 Å². The van der Waals surface area contributed by atoms with Crippen LogP contribution in [0.4, 0.5) is 10.1 Å². The zero-order valence-electron chi connectivity index (χ0n) is 7.71. The van der Waals surface area contributed by atoms with E-state index in [1.165, 1.54) is 12.1 Å². The molecule has 0 N–H and O–H groups in total. The maximum Gasteiger partial charge on any atom is 0.190 e. The number of fused-ring (bicyclic) bond motifs is 1. The zero-order valence-corrected chi connectivity index (χ0v) is 7.71. The molecule has 2 aromatic rings. The Morgan fingerprint density at radius 1 is 1.14 bits per heavy atom. The average molecular weight is 185 g/mol. The van der Waals surface area contributed by atoms with Crippen LogP contribution in [0, 0.1) is 19.3 Å². The molecule has 2 aromatic carbocycles. The molecule has 0 bridgehead atoms. The first kappa shape index (κ1) is 8.71. The van der Waals surface area contributed by atoms with Gasteiger partial charge in [0.05, 0.1) is 6.57 Å². The lowest BCUT2D eigenvalue weighted by Gasteiger charge is -2.01. The highest BCUT2D eigenvalue weighted by atomic mass is 19.1. The number of hydrogen-bond donors (Lipinski definition) is 0. The lowest BCUT2D eigenvalue weighted by Crippen LogP contribution is -1.78. The van der Waals surface area contributed by atoms with Crippen LogP contribution >= 0.6 is 0 Å². The van der Waals surface area contributed by atoms with E-state index in [0.717, 1.165) is 16.3 Å². The van der Waals surface area contributed by atoms with Gasteiger partial charge in [-0.15, -0.1) is 0 Å². The van der Waals surface area contributed by atoms with E-state index in [4.69, 9.17) is 6.57 Å². The Balaban J connectivity index is 2.82. The maximum atomic E-state index is 12.9. The summed E-state index contributed by atoms with van der Waals surface area (Å²) in [4.78, 5) is 3.38. The molecule has 0 atom stereocenters. The number of aryl methyl sites for hydroxylation is 1. The monoisotopic (exact) mass is 185 g/mol. The summed E-state index contributed by atoms with van der Waals surface area (Å²) in [5.74, 6) is -0.266. The third-order valence-electron chi connectivity index (χ3n) is 2.24. The molecular weight excluding hydrogens is 177 g/mol. The molecule has 2 heteroatoms. The summed E-state index contributed by atoms with van der Waals surface area (Å²) < 4.78 is 12.9. The molecule has 0 aromatic heterocycles. The van der Waals surface area contributed by atoms with Crippen molar-refractivity contribution in [1.82, 2.24) is 0 Å². The minimum atomic E-state index is -0.266. The minimum Gasteiger partial charge on any atom is -0.238 e. The smallest absolute Gasteiger partial charge is 0.190 e. The Bertz CT molecular complexity index is 538. The number of nitrogens with zero attached hydrogens (tertiary/aromatic N) is 1. The molecule has 1 nitrogen and oxygen atoms in total. The van der Waals surface area contributed by atoms with E-state index in [-0.39, 0.29) is 5.82 Å². The minimum absolute atomic E-state index is 0.266. The predicted octanol–water partition coefficient (Wildman–Crippen LogP) is 3.84. The van der Waals surface area contributed by atoms with Gasteiger partial charge in [-0.25, -0.2) is 9.24 Å². The van der Waals surface area contributed by atoms with Crippen LogP contribution in [0.3, 0.4) is 0 Å².